The lowest BCUT2D eigenvalue weighted by atomic mass is 10.2. The number of amides is 1. The first kappa shape index (κ1) is 16.2. The van der Waals surface area contributed by atoms with Crippen molar-refractivity contribution in [3.05, 3.63) is 72.8 Å². The maximum atomic E-state index is 12.0. The second-order valence-electron chi connectivity index (χ2n) is 4.54. The Bertz CT molecular complexity index is 596. The quantitative estimate of drug-likeness (QED) is 0.458. The van der Waals surface area contributed by atoms with Crippen LogP contribution in [0.25, 0.3) is 0 Å². The molecule has 4 heteroatoms. The van der Waals surface area contributed by atoms with E-state index in [0.717, 1.165) is 11.5 Å². The van der Waals surface area contributed by atoms with Crippen molar-refractivity contribution in [3.8, 4) is 5.75 Å². The molecular formula is C18H19NO2S. The summed E-state index contributed by atoms with van der Waals surface area (Å²) < 4.78 is 5.38. The number of hydrogen-bond donors (Lipinski definition) is 1. The highest BCUT2D eigenvalue weighted by Crippen LogP contribution is 2.16. The second-order valence-corrected chi connectivity index (χ2v) is 5.71. The van der Waals surface area contributed by atoms with Gasteiger partial charge in [-0.15, -0.1) is 11.8 Å². The van der Waals surface area contributed by atoms with Crippen molar-refractivity contribution in [1.29, 1.82) is 0 Å². The van der Waals surface area contributed by atoms with Crippen LogP contribution in [0.3, 0.4) is 0 Å². The summed E-state index contributed by atoms with van der Waals surface area (Å²) in [6.45, 7) is 4.69. The zero-order chi connectivity index (χ0) is 15.6. The van der Waals surface area contributed by atoms with Crippen molar-refractivity contribution < 1.29 is 9.53 Å². The molecule has 0 aliphatic carbocycles. The Morgan fingerprint density at radius 2 is 1.86 bits per heavy atom. The molecule has 114 valence electrons. The number of benzene rings is 2. The molecule has 1 amide bonds. The molecule has 0 fully saturated rings. The molecule has 1 N–H and O–H groups in total. The first-order chi connectivity index (χ1) is 10.8. The number of hydrogen-bond acceptors (Lipinski definition) is 3. The van der Waals surface area contributed by atoms with Gasteiger partial charge in [-0.1, -0.05) is 30.9 Å². The summed E-state index contributed by atoms with van der Waals surface area (Å²) in [4.78, 5) is 13.2. The van der Waals surface area contributed by atoms with Crippen LogP contribution in [-0.2, 0) is 0 Å². The highest BCUT2D eigenvalue weighted by Gasteiger charge is 2.05. The SMILES string of the molecule is C=CCOc1ccc(C(=O)NCCSc2ccccc2)cc1. The third-order valence-electron chi connectivity index (χ3n) is 2.88. The van der Waals surface area contributed by atoms with Crippen molar-refractivity contribution in [1.82, 2.24) is 5.32 Å². The van der Waals surface area contributed by atoms with Crippen LogP contribution in [0.2, 0.25) is 0 Å². The number of rotatable bonds is 8. The predicted molar refractivity (Wildman–Crippen MR) is 91.6 cm³/mol. The van der Waals surface area contributed by atoms with E-state index in [1.54, 1.807) is 42.1 Å². The van der Waals surface area contributed by atoms with E-state index >= 15 is 0 Å². The van der Waals surface area contributed by atoms with Crippen LogP contribution < -0.4 is 10.1 Å². The monoisotopic (exact) mass is 313 g/mol. The Morgan fingerprint density at radius 3 is 2.55 bits per heavy atom. The third-order valence-corrected chi connectivity index (χ3v) is 3.90. The largest absolute Gasteiger partial charge is 0.490 e. The standard InChI is InChI=1S/C18H19NO2S/c1-2-13-21-16-10-8-15(9-11-16)18(20)19-12-14-22-17-6-4-3-5-7-17/h2-11H,1,12-14H2,(H,19,20). The molecule has 0 aromatic heterocycles. The summed E-state index contributed by atoms with van der Waals surface area (Å²) >= 11 is 1.73. The lowest BCUT2D eigenvalue weighted by Gasteiger charge is -2.07. The molecule has 0 atom stereocenters. The van der Waals surface area contributed by atoms with Gasteiger partial charge in [0.15, 0.2) is 0 Å². The number of thioether (sulfide) groups is 1. The highest BCUT2D eigenvalue weighted by molar-refractivity contribution is 7.99. The van der Waals surface area contributed by atoms with Gasteiger partial charge in [0.25, 0.3) is 5.91 Å². The van der Waals surface area contributed by atoms with Gasteiger partial charge < -0.3 is 10.1 Å². The molecule has 2 aromatic rings. The van der Waals surface area contributed by atoms with Gasteiger partial charge in [-0.25, -0.2) is 0 Å². The van der Waals surface area contributed by atoms with E-state index in [9.17, 15) is 4.79 Å². The van der Waals surface area contributed by atoms with E-state index in [-0.39, 0.29) is 5.91 Å². The summed E-state index contributed by atoms with van der Waals surface area (Å²) in [5.74, 6) is 1.51. The van der Waals surface area contributed by atoms with Gasteiger partial charge in [0.05, 0.1) is 0 Å². The highest BCUT2D eigenvalue weighted by atomic mass is 32.2. The van der Waals surface area contributed by atoms with Crippen LogP contribution in [0.4, 0.5) is 0 Å². The van der Waals surface area contributed by atoms with Gasteiger partial charge in [-0.3, -0.25) is 4.79 Å². The van der Waals surface area contributed by atoms with E-state index in [2.05, 4.69) is 24.0 Å². The number of carbonyl (C=O) groups excluding carboxylic acids is 1. The fourth-order valence-corrected chi connectivity index (χ4v) is 2.60. The Kier molecular flexibility index (Phi) is 6.58. The lowest BCUT2D eigenvalue weighted by Crippen LogP contribution is -2.25. The number of carbonyl (C=O) groups is 1. The van der Waals surface area contributed by atoms with Crippen molar-refractivity contribution in [2.24, 2.45) is 0 Å². The Hall–Kier alpha value is -2.20. The van der Waals surface area contributed by atoms with Gasteiger partial charge in [-0.2, -0.15) is 0 Å². The van der Waals surface area contributed by atoms with Crippen LogP contribution in [0.1, 0.15) is 10.4 Å². The Balaban J connectivity index is 1.73. The first-order valence-corrected chi connectivity index (χ1v) is 8.08. The molecule has 0 aliphatic heterocycles. The minimum Gasteiger partial charge on any atom is -0.490 e. The molecule has 0 aliphatic rings. The minimum atomic E-state index is -0.0658. The number of ether oxygens (including phenoxy) is 1. The van der Waals surface area contributed by atoms with Crippen molar-refractivity contribution in [2.45, 2.75) is 4.90 Å². The topological polar surface area (TPSA) is 38.3 Å². The van der Waals surface area contributed by atoms with Crippen LogP contribution in [0, 0.1) is 0 Å². The molecule has 0 spiro atoms. The average Bonchev–Trinajstić information content (AvgIpc) is 2.58. The van der Waals surface area contributed by atoms with Crippen LogP contribution in [0.15, 0.2) is 72.1 Å². The predicted octanol–water partition coefficient (Wildman–Crippen LogP) is 3.77. The maximum absolute atomic E-state index is 12.0. The van der Waals surface area contributed by atoms with Crippen molar-refractivity contribution in [3.63, 3.8) is 0 Å². The molecule has 2 aromatic carbocycles. The fourth-order valence-electron chi connectivity index (χ4n) is 1.81. The van der Waals surface area contributed by atoms with Crippen molar-refractivity contribution >= 4 is 17.7 Å². The van der Waals surface area contributed by atoms with E-state index < -0.39 is 0 Å². The summed E-state index contributed by atoms with van der Waals surface area (Å²) in [5, 5.41) is 2.92. The van der Waals surface area contributed by atoms with Crippen LogP contribution in [-0.4, -0.2) is 24.8 Å². The zero-order valence-corrected chi connectivity index (χ0v) is 13.1. The molecule has 0 radical (unpaired) electrons. The minimum absolute atomic E-state index is 0.0658. The Labute approximate surface area is 135 Å². The summed E-state index contributed by atoms with van der Waals surface area (Å²) in [6.07, 6.45) is 1.69. The fraction of sp³-hybridized carbons (Fsp3) is 0.167. The van der Waals surface area contributed by atoms with Crippen LogP contribution in [0.5, 0.6) is 5.75 Å². The smallest absolute Gasteiger partial charge is 0.251 e. The van der Waals surface area contributed by atoms with Gasteiger partial charge in [0.1, 0.15) is 12.4 Å². The van der Waals surface area contributed by atoms with E-state index in [1.165, 1.54) is 4.90 Å². The molecule has 0 unspecified atom stereocenters. The number of nitrogens with one attached hydrogen (secondary N) is 1. The van der Waals surface area contributed by atoms with E-state index in [1.807, 2.05) is 18.2 Å². The van der Waals surface area contributed by atoms with Gasteiger partial charge >= 0.3 is 0 Å². The molecule has 22 heavy (non-hydrogen) atoms. The van der Waals surface area contributed by atoms with E-state index in [4.69, 9.17) is 4.74 Å². The van der Waals surface area contributed by atoms with Crippen molar-refractivity contribution in [2.75, 3.05) is 18.9 Å². The summed E-state index contributed by atoms with van der Waals surface area (Å²) in [7, 11) is 0. The summed E-state index contributed by atoms with van der Waals surface area (Å²) in [5.41, 5.74) is 0.635. The van der Waals surface area contributed by atoms with Gasteiger partial charge in [-0.05, 0) is 36.4 Å². The van der Waals surface area contributed by atoms with Crippen LogP contribution >= 0.6 is 11.8 Å². The van der Waals surface area contributed by atoms with E-state index in [0.29, 0.717) is 18.7 Å². The molecular weight excluding hydrogens is 294 g/mol. The maximum Gasteiger partial charge on any atom is 0.251 e. The molecule has 2 rings (SSSR count). The lowest BCUT2D eigenvalue weighted by molar-refractivity contribution is 0.0956. The second kappa shape index (κ2) is 8.95. The van der Waals surface area contributed by atoms with Gasteiger partial charge in [0, 0.05) is 22.8 Å². The third kappa shape index (κ3) is 5.30. The zero-order valence-electron chi connectivity index (χ0n) is 12.3. The first-order valence-electron chi connectivity index (χ1n) is 7.09. The van der Waals surface area contributed by atoms with Gasteiger partial charge in [0.2, 0.25) is 0 Å². The molecule has 0 saturated heterocycles. The molecule has 3 nitrogen and oxygen atoms in total. The normalized spacial score (nSPS) is 10.0. The molecule has 0 bridgehead atoms. The summed E-state index contributed by atoms with van der Waals surface area (Å²) in [6, 6.07) is 17.2. The molecule has 0 saturated carbocycles. The molecule has 0 heterocycles. The average molecular weight is 313 g/mol. The Morgan fingerprint density at radius 1 is 1.14 bits per heavy atom.